The first-order valence-electron chi connectivity index (χ1n) is 13.4. The maximum Gasteiger partial charge on any atom is 0.399 e. The molecular weight excluding hydrogens is 603 g/mol. The number of benzene rings is 4. The predicted octanol–water partition coefficient (Wildman–Crippen LogP) is 6.58. The summed E-state index contributed by atoms with van der Waals surface area (Å²) in [5, 5.41) is 0. The fourth-order valence-electron chi connectivity index (χ4n) is 4.16. The second kappa shape index (κ2) is 13.9. The first-order valence-corrected chi connectivity index (χ1v) is 16.0. The first-order chi connectivity index (χ1) is 20.9. The van der Waals surface area contributed by atoms with E-state index in [0.29, 0.717) is 22.7 Å². The predicted molar refractivity (Wildman–Crippen MR) is 169 cm³/mol. The van der Waals surface area contributed by atoms with Gasteiger partial charge in [-0.15, -0.1) is 4.08 Å². The van der Waals surface area contributed by atoms with Gasteiger partial charge in [0.1, 0.15) is 23.0 Å². The van der Waals surface area contributed by atoms with Crippen LogP contribution in [0.1, 0.15) is 45.7 Å². The van der Waals surface area contributed by atoms with Gasteiger partial charge in [0.15, 0.2) is 11.6 Å². The number of ketones is 2. The van der Waals surface area contributed by atoms with Crippen LogP contribution in [-0.2, 0) is 16.6 Å². The number of anilines is 1. The average molecular weight is 637 g/mol. The highest BCUT2D eigenvalue weighted by atomic mass is 32.2. The molecule has 0 aliphatic heterocycles. The normalized spacial score (nSPS) is 11.3. The molecular formula is C32H33N2O8PS. The number of ether oxygens (including phenoxy) is 2. The van der Waals surface area contributed by atoms with Crippen molar-refractivity contribution in [3.05, 3.63) is 107 Å². The molecule has 0 unspecified atom stereocenters. The molecule has 0 saturated heterocycles. The van der Waals surface area contributed by atoms with Crippen LogP contribution in [0.5, 0.6) is 23.0 Å². The highest BCUT2D eigenvalue weighted by Gasteiger charge is 2.39. The number of sulfonamides is 1. The fourth-order valence-corrected chi connectivity index (χ4v) is 7.50. The average Bonchev–Trinajstić information content (AvgIpc) is 3.00. The molecule has 0 fully saturated rings. The van der Waals surface area contributed by atoms with E-state index in [0.717, 1.165) is 9.64 Å². The number of aryl methyl sites for hydroxylation is 1. The zero-order valence-corrected chi connectivity index (χ0v) is 26.6. The Morgan fingerprint density at radius 2 is 1.27 bits per heavy atom. The maximum atomic E-state index is 14.4. The number of rotatable bonds is 13. The summed E-state index contributed by atoms with van der Waals surface area (Å²) < 4.78 is 53.3. The Labute approximate surface area is 258 Å². The molecule has 0 atom stereocenters. The highest BCUT2D eigenvalue weighted by molar-refractivity contribution is 7.93. The SMILES string of the molecule is COc1ccc(C(C)=O)c(OP(Oc2cc(OC)ccc2C(C)=O)N(Cc2ccccc2N)S(=O)(=O)c2ccc(C)cc2)c1. The Kier molecular flexibility index (Phi) is 10.3. The molecule has 0 bridgehead atoms. The number of hydrogen-bond donors (Lipinski definition) is 1. The van der Waals surface area contributed by atoms with Crippen molar-refractivity contribution < 1.29 is 36.5 Å². The number of hydrogen-bond acceptors (Lipinski definition) is 9. The van der Waals surface area contributed by atoms with Crippen LogP contribution in [-0.4, -0.2) is 38.3 Å². The van der Waals surface area contributed by atoms with Crippen LogP contribution in [0.3, 0.4) is 0 Å². The summed E-state index contributed by atoms with van der Waals surface area (Å²) in [5.74, 6) is 0.130. The topological polar surface area (TPSA) is 134 Å². The number of Topliss-reactive ketones (excluding diaryl/α,β-unsaturated/α-hetero) is 2. The number of nitrogen functional groups attached to an aromatic ring is 1. The fraction of sp³-hybridized carbons (Fsp3) is 0.188. The number of nitrogens with two attached hydrogens (primary N) is 1. The second-order valence-electron chi connectivity index (χ2n) is 9.75. The standard InChI is InChI=1S/C32H33N2O8PS/c1-21-10-14-27(15-11-21)44(37,38)34(20-24-8-6-7-9-30(24)33)43(41-31-18-25(39-4)12-16-28(31)22(2)35)42-32-19-26(40-5)13-17-29(32)23(3)36/h6-19H,20,33H2,1-5H3. The number of carbonyl (C=O) groups excluding carboxylic acids is 2. The molecule has 10 nitrogen and oxygen atoms in total. The van der Waals surface area contributed by atoms with Crippen LogP contribution in [0.15, 0.2) is 89.8 Å². The summed E-state index contributed by atoms with van der Waals surface area (Å²) in [4.78, 5) is 25.2. The molecule has 12 heteroatoms. The molecule has 0 saturated carbocycles. The lowest BCUT2D eigenvalue weighted by molar-refractivity contribution is 0.100. The number of carbonyl (C=O) groups is 2. The van der Waals surface area contributed by atoms with Crippen molar-refractivity contribution in [1.29, 1.82) is 0 Å². The lowest BCUT2D eigenvalue weighted by Crippen LogP contribution is -2.30. The van der Waals surface area contributed by atoms with Crippen LogP contribution >= 0.6 is 8.53 Å². The zero-order valence-electron chi connectivity index (χ0n) is 24.9. The van der Waals surface area contributed by atoms with E-state index in [1.807, 2.05) is 6.92 Å². The number of para-hydroxylation sites is 1. The van der Waals surface area contributed by atoms with E-state index >= 15 is 0 Å². The number of nitrogens with zero attached hydrogens (tertiary/aromatic N) is 1. The Morgan fingerprint density at radius 3 is 1.73 bits per heavy atom. The quantitative estimate of drug-likeness (QED) is 0.0982. The van der Waals surface area contributed by atoms with Crippen molar-refractivity contribution in [2.75, 3.05) is 20.0 Å². The smallest absolute Gasteiger partial charge is 0.399 e. The number of methoxy groups -OCH3 is 2. The Balaban J connectivity index is 1.97. The van der Waals surface area contributed by atoms with Gasteiger partial charge in [-0.25, -0.2) is 8.42 Å². The molecule has 0 heterocycles. The largest absolute Gasteiger partial charge is 0.497 e. The van der Waals surface area contributed by atoms with E-state index in [4.69, 9.17) is 24.3 Å². The molecule has 0 aliphatic rings. The summed E-state index contributed by atoms with van der Waals surface area (Å²) in [6.07, 6.45) is 0. The molecule has 4 rings (SSSR count). The molecule has 4 aromatic rings. The highest BCUT2D eigenvalue weighted by Crippen LogP contribution is 2.50. The Morgan fingerprint density at radius 1 is 0.773 bits per heavy atom. The lowest BCUT2D eigenvalue weighted by atomic mass is 10.1. The minimum absolute atomic E-state index is 0.0211. The molecule has 2 N–H and O–H groups in total. The van der Waals surface area contributed by atoms with Gasteiger partial charge in [-0.3, -0.25) is 9.59 Å². The van der Waals surface area contributed by atoms with Crippen LogP contribution < -0.4 is 24.3 Å². The Bertz CT molecular complexity index is 1710. The van der Waals surface area contributed by atoms with Gasteiger partial charge in [0.2, 0.25) is 0 Å². The van der Waals surface area contributed by atoms with Crippen LogP contribution in [0.25, 0.3) is 0 Å². The molecule has 4 aromatic carbocycles. The molecule has 230 valence electrons. The maximum absolute atomic E-state index is 14.4. The van der Waals surface area contributed by atoms with Crippen molar-refractivity contribution in [2.24, 2.45) is 0 Å². The third kappa shape index (κ3) is 7.37. The molecule has 0 spiro atoms. The second-order valence-corrected chi connectivity index (χ2v) is 13.2. The third-order valence-corrected chi connectivity index (χ3v) is 10.4. The van der Waals surface area contributed by atoms with E-state index in [9.17, 15) is 18.0 Å². The molecule has 0 aliphatic carbocycles. The van der Waals surface area contributed by atoms with Gasteiger partial charge in [-0.05, 0) is 68.8 Å². The summed E-state index contributed by atoms with van der Waals surface area (Å²) in [7, 11) is -4.12. The van der Waals surface area contributed by atoms with E-state index in [2.05, 4.69) is 0 Å². The van der Waals surface area contributed by atoms with Gasteiger partial charge >= 0.3 is 8.53 Å². The third-order valence-electron chi connectivity index (χ3n) is 6.63. The van der Waals surface area contributed by atoms with Crippen molar-refractivity contribution in [3.8, 4) is 23.0 Å². The Hall–Kier alpha value is -4.44. The van der Waals surface area contributed by atoms with Gasteiger partial charge in [-0.2, -0.15) is 0 Å². The van der Waals surface area contributed by atoms with Crippen LogP contribution in [0.4, 0.5) is 5.69 Å². The van der Waals surface area contributed by atoms with Crippen LogP contribution in [0.2, 0.25) is 0 Å². The molecule has 0 aromatic heterocycles. The van der Waals surface area contributed by atoms with Gasteiger partial charge in [0.25, 0.3) is 10.0 Å². The molecule has 0 amide bonds. The lowest BCUT2D eigenvalue weighted by Gasteiger charge is -2.30. The monoisotopic (exact) mass is 636 g/mol. The van der Waals surface area contributed by atoms with Crippen molar-refractivity contribution >= 4 is 35.8 Å². The summed E-state index contributed by atoms with van der Waals surface area (Å²) in [5.41, 5.74) is 8.30. The molecule has 44 heavy (non-hydrogen) atoms. The van der Waals surface area contributed by atoms with Crippen molar-refractivity contribution in [3.63, 3.8) is 0 Å². The van der Waals surface area contributed by atoms with E-state index in [1.54, 1.807) is 48.5 Å². The summed E-state index contributed by atoms with van der Waals surface area (Å²) in [6.45, 7) is 4.31. The van der Waals surface area contributed by atoms with E-state index < -0.39 is 18.5 Å². The minimum Gasteiger partial charge on any atom is -0.497 e. The zero-order chi connectivity index (χ0) is 32.0. The first kappa shape index (κ1) is 32.5. The van der Waals surface area contributed by atoms with Gasteiger partial charge < -0.3 is 24.3 Å². The van der Waals surface area contributed by atoms with Crippen molar-refractivity contribution in [1.82, 2.24) is 4.08 Å². The van der Waals surface area contributed by atoms with E-state index in [1.165, 1.54) is 64.5 Å². The van der Waals surface area contributed by atoms with Crippen LogP contribution in [0, 0.1) is 6.92 Å². The minimum atomic E-state index is -4.35. The van der Waals surface area contributed by atoms with Gasteiger partial charge in [0, 0.05) is 17.8 Å². The van der Waals surface area contributed by atoms with Gasteiger partial charge in [-0.1, -0.05) is 35.9 Å². The summed E-state index contributed by atoms with van der Waals surface area (Å²) >= 11 is 0. The van der Waals surface area contributed by atoms with Gasteiger partial charge in [0.05, 0.1) is 36.8 Å². The molecule has 0 radical (unpaired) electrons. The summed E-state index contributed by atoms with van der Waals surface area (Å²) in [6, 6.07) is 22.3. The van der Waals surface area contributed by atoms with E-state index in [-0.39, 0.29) is 45.6 Å². The van der Waals surface area contributed by atoms with Crippen molar-refractivity contribution in [2.45, 2.75) is 32.2 Å².